The Morgan fingerprint density at radius 2 is 1.94 bits per heavy atom. The van der Waals surface area contributed by atoms with Crippen LogP contribution in [-0.2, 0) is 4.74 Å². The predicted molar refractivity (Wildman–Crippen MR) is 135 cm³/mol. The summed E-state index contributed by atoms with van der Waals surface area (Å²) >= 11 is 0. The summed E-state index contributed by atoms with van der Waals surface area (Å²) < 4.78 is 10.7. The molecule has 1 fully saturated rings. The summed E-state index contributed by atoms with van der Waals surface area (Å²) in [5.41, 5.74) is 3.80. The summed E-state index contributed by atoms with van der Waals surface area (Å²) in [7, 11) is 1.63. The van der Waals surface area contributed by atoms with Crippen molar-refractivity contribution in [3.63, 3.8) is 0 Å². The lowest BCUT2D eigenvalue weighted by atomic mass is 9.89. The molecule has 1 saturated heterocycles. The average Bonchev–Trinajstić information content (AvgIpc) is 3.31. The predicted octanol–water partition coefficient (Wildman–Crippen LogP) is 4.06. The molecule has 2 amide bonds. The molecule has 0 aliphatic carbocycles. The van der Waals surface area contributed by atoms with E-state index in [0.717, 1.165) is 47.3 Å². The van der Waals surface area contributed by atoms with Gasteiger partial charge < -0.3 is 24.7 Å². The minimum Gasteiger partial charge on any atom is -0.497 e. The van der Waals surface area contributed by atoms with Crippen LogP contribution in [0.5, 0.6) is 5.75 Å². The summed E-state index contributed by atoms with van der Waals surface area (Å²) in [5, 5.41) is 3.89. The van der Waals surface area contributed by atoms with Crippen LogP contribution in [0.2, 0.25) is 0 Å². The maximum Gasteiger partial charge on any atom is 0.270 e. The van der Waals surface area contributed by atoms with Crippen molar-refractivity contribution in [3.05, 3.63) is 59.0 Å². The van der Waals surface area contributed by atoms with Gasteiger partial charge in [-0.05, 0) is 62.6 Å². The topological polar surface area (TPSA) is 96.6 Å². The van der Waals surface area contributed by atoms with Gasteiger partial charge in [0.1, 0.15) is 11.4 Å². The zero-order valence-electron chi connectivity index (χ0n) is 20.7. The molecule has 0 unspecified atom stereocenters. The van der Waals surface area contributed by atoms with E-state index in [2.05, 4.69) is 17.2 Å². The van der Waals surface area contributed by atoms with Crippen molar-refractivity contribution in [1.82, 2.24) is 20.2 Å². The summed E-state index contributed by atoms with van der Waals surface area (Å²) in [6.07, 6.45) is 2.47. The number of H-pyrrole nitrogens is 1. The van der Waals surface area contributed by atoms with Gasteiger partial charge in [-0.15, -0.1) is 0 Å². The number of benzene rings is 1. The lowest BCUT2D eigenvalue weighted by molar-refractivity contribution is 0.0705. The highest BCUT2D eigenvalue weighted by atomic mass is 16.5. The quantitative estimate of drug-likeness (QED) is 0.452. The molecule has 3 aromatic rings. The van der Waals surface area contributed by atoms with Crippen LogP contribution in [0.3, 0.4) is 0 Å². The molecule has 8 heteroatoms. The number of piperidine rings is 1. The first kappa shape index (κ1) is 24.7. The average molecular weight is 479 g/mol. The Labute approximate surface area is 206 Å². The maximum absolute atomic E-state index is 13.2. The molecule has 0 atom stereocenters. The van der Waals surface area contributed by atoms with E-state index in [9.17, 15) is 9.59 Å². The molecule has 35 heavy (non-hydrogen) atoms. The van der Waals surface area contributed by atoms with Gasteiger partial charge in [0.25, 0.3) is 11.8 Å². The molecule has 2 N–H and O–H groups in total. The van der Waals surface area contributed by atoms with Gasteiger partial charge in [-0.25, -0.2) is 0 Å². The Bertz CT molecular complexity index is 1180. The van der Waals surface area contributed by atoms with Gasteiger partial charge in [-0.3, -0.25) is 14.6 Å². The number of aromatic amines is 1. The number of likely N-dealkylation sites (tertiary alicyclic amines) is 1. The number of hydrogen-bond acceptors (Lipinski definition) is 5. The molecule has 8 nitrogen and oxygen atoms in total. The molecule has 186 valence electrons. The van der Waals surface area contributed by atoms with Crippen LogP contribution in [0.15, 0.2) is 36.4 Å². The van der Waals surface area contributed by atoms with Crippen LogP contribution in [-0.4, -0.2) is 66.6 Å². The Kier molecular flexibility index (Phi) is 8.02. The number of hydrogen-bond donors (Lipinski definition) is 2. The summed E-state index contributed by atoms with van der Waals surface area (Å²) in [6, 6.07) is 11.3. The number of nitrogens with zero attached hydrogens (tertiary/aromatic N) is 2. The SMILES string of the molecule is CCCOCCNC(=O)c1ccc(C)nc1C1CCN(C(=O)c2cc3cc(OC)ccc3[nH]2)CC1. The number of carbonyl (C=O) groups excluding carboxylic acids is 2. The second-order valence-electron chi connectivity index (χ2n) is 8.96. The molecular weight excluding hydrogens is 444 g/mol. The highest BCUT2D eigenvalue weighted by Gasteiger charge is 2.29. The second-order valence-corrected chi connectivity index (χ2v) is 8.96. The van der Waals surface area contributed by atoms with Crippen molar-refractivity contribution in [3.8, 4) is 5.75 Å². The largest absolute Gasteiger partial charge is 0.497 e. The lowest BCUT2D eigenvalue weighted by Gasteiger charge is -2.32. The monoisotopic (exact) mass is 478 g/mol. The van der Waals surface area contributed by atoms with E-state index in [-0.39, 0.29) is 17.7 Å². The first-order chi connectivity index (χ1) is 17.0. The van der Waals surface area contributed by atoms with Crippen molar-refractivity contribution >= 4 is 22.7 Å². The van der Waals surface area contributed by atoms with E-state index in [1.165, 1.54) is 0 Å². The fourth-order valence-electron chi connectivity index (χ4n) is 4.54. The molecule has 1 aromatic carbocycles. The van der Waals surface area contributed by atoms with E-state index in [1.807, 2.05) is 48.2 Å². The molecule has 4 rings (SSSR count). The van der Waals surface area contributed by atoms with E-state index in [0.29, 0.717) is 44.1 Å². The highest BCUT2D eigenvalue weighted by Crippen LogP contribution is 2.30. The highest BCUT2D eigenvalue weighted by molar-refractivity contribution is 5.98. The molecule has 0 saturated carbocycles. The van der Waals surface area contributed by atoms with Crippen molar-refractivity contribution in [2.24, 2.45) is 0 Å². The van der Waals surface area contributed by atoms with Gasteiger partial charge in [0.05, 0.1) is 25.0 Å². The zero-order chi connectivity index (χ0) is 24.8. The third-order valence-electron chi connectivity index (χ3n) is 6.42. The summed E-state index contributed by atoms with van der Waals surface area (Å²) in [5.74, 6) is 0.749. The van der Waals surface area contributed by atoms with E-state index in [1.54, 1.807) is 7.11 Å². The van der Waals surface area contributed by atoms with Gasteiger partial charge in [0.15, 0.2) is 0 Å². The molecule has 0 bridgehead atoms. The fraction of sp³-hybridized carbons (Fsp3) is 0.444. The van der Waals surface area contributed by atoms with Gasteiger partial charge in [-0.1, -0.05) is 6.92 Å². The molecule has 1 aliphatic rings. The third-order valence-corrected chi connectivity index (χ3v) is 6.42. The molecule has 3 heterocycles. The van der Waals surface area contributed by atoms with Crippen LogP contribution in [0.1, 0.15) is 64.3 Å². The van der Waals surface area contributed by atoms with Gasteiger partial charge in [-0.2, -0.15) is 0 Å². The Hall–Kier alpha value is -3.39. The van der Waals surface area contributed by atoms with Crippen LogP contribution in [0.25, 0.3) is 10.9 Å². The molecule has 1 aliphatic heterocycles. The minimum atomic E-state index is -0.125. The third kappa shape index (κ3) is 5.82. The zero-order valence-corrected chi connectivity index (χ0v) is 20.7. The Balaban J connectivity index is 1.40. The number of amides is 2. The number of aryl methyl sites for hydroxylation is 1. The summed E-state index contributed by atoms with van der Waals surface area (Å²) in [4.78, 5) is 35.9. The maximum atomic E-state index is 13.2. The van der Waals surface area contributed by atoms with Gasteiger partial charge in [0, 0.05) is 48.8 Å². The van der Waals surface area contributed by atoms with Crippen molar-refractivity contribution in [1.29, 1.82) is 0 Å². The number of fused-ring (bicyclic) bond motifs is 1. The normalized spacial score (nSPS) is 14.3. The van der Waals surface area contributed by atoms with Crippen molar-refractivity contribution < 1.29 is 19.1 Å². The number of pyridine rings is 1. The fourth-order valence-corrected chi connectivity index (χ4v) is 4.54. The number of carbonyl (C=O) groups is 2. The Morgan fingerprint density at radius 3 is 2.69 bits per heavy atom. The minimum absolute atomic E-state index is 0.0131. The van der Waals surface area contributed by atoms with Crippen LogP contribution < -0.4 is 10.1 Å². The molecule has 0 spiro atoms. The van der Waals surface area contributed by atoms with Gasteiger partial charge in [0.2, 0.25) is 0 Å². The van der Waals surface area contributed by atoms with Crippen LogP contribution in [0.4, 0.5) is 0 Å². The standard InChI is InChI=1S/C27H34N4O4/c1-4-14-35-15-11-28-26(32)22-7-5-18(2)29-25(22)19-9-12-31(13-10-19)27(33)24-17-20-16-21(34-3)6-8-23(20)30-24/h5-8,16-17,19,30H,4,9-15H2,1-3H3,(H,28,32). The number of rotatable bonds is 9. The Morgan fingerprint density at radius 1 is 1.14 bits per heavy atom. The van der Waals surface area contributed by atoms with E-state index in [4.69, 9.17) is 14.5 Å². The van der Waals surface area contributed by atoms with Crippen LogP contribution >= 0.6 is 0 Å². The number of methoxy groups -OCH3 is 1. The lowest BCUT2D eigenvalue weighted by Crippen LogP contribution is -2.38. The van der Waals surface area contributed by atoms with E-state index < -0.39 is 0 Å². The number of nitrogens with one attached hydrogen (secondary N) is 2. The second kappa shape index (κ2) is 11.4. The molecule has 2 aromatic heterocycles. The van der Waals surface area contributed by atoms with Crippen molar-refractivity contribution in [2.45, 2.75) is 39.0 Å². The molecule has 0 radical (unpaired) electrons. The first-order valence-corrected chi connectivity index (χ1v) is 12.3. The first-order valence-electron chi connectivity index (χ1n) is 12.3. The smallest absolute Gasteiger partial charge is 0.270 e. The van der Waals surface area contributed by atoms with Gasteiger partial charge >= 0.3 is 0 Å². The number of ether oxygens (including phenoxy) is 2. The summed E-state index contributed by atoms with van der Waals surface area (Å²) in [6.45, 7) is 6.88. The number of aromatic nitrogens is 2. The molecular formula is C27H34N4O4. The van der Waals surface area contributed by atoms with Crippen LogP contribution in [0, 0.1) is 6.92 Å². The van der Waals surface area contributed by atoms with E-state index >= 15 is 0 Å². The van der Waals surface area contributed by atoms with Crippen molar-refractivity contribution in [2.75, 3.05) is 40.0 Å².